The SMILES string of the molecule is CCn1c(CC(=O)Nc2ccc(F)cc2)nnc1SCC(=O)Nc1cc(Cl)ccc1Cl. The van der Waals surface area contributed by atoms with Crippen molar-refractivity contribution < 1.29 is 14.0 Å². The summed E-state index contributed by atoms with van der Waals surface area (Å²) in [6.07, 6.45) is -0.0108. The molecule has 1 aromatic heterocycles. The summed E-state index contributed by atoms with van der Waals surface area (Å²) in [6.45, 7) is 2.41. The Hall–Kier alpha value is -2.62. The van der Waals surface area contributed by atoms with Crippen molar-refractivity contribution in [2.75, 3.05) is 16.4 Å². The van der Waals surface area contributed by atoms with Crippen LogP contribution in [0.5, 0.6) is 0 Å². The fourth-order valence-electron chi connectivity index (χ4n) is 2.67. The van der Waals surface area contributed by atoms with E-state index >= 15 is 0 Å². The Morgan fingerprint density at radius 1 is 1.06 bits per heavy atom. The van der Waals surface area contributed by atoms with Crippen LogP contribution in [0.15, 0.2) is 47.6 Å². The van der Waals surface area contributed by atoms with Crippen molar-refractivity contribution in [3.63, 3.8) is 0 Å². The van der Waals surface area contributed by atoms with Crippen molar-refractivity contribution in [3.05, 3.63) is 64.2 Å². The van der Waals surface area contributed by atoms with Crippen LogP contribution in [0.25, 0.3) is 0 Å². The molecule has 0 bridgehead atoms. The molecule has 11 heteroatoms. The zero-order valence-corrected chi connectivity index (χ0v) is 18.7. The van der Waals surface area contributed by atoms with Crippen LogP contribution in [0.2, 0.25) is 10.0 Å². The van der Waals surface area contributed by atoms with Crippen LogP contribution in [0, 0.1) is 5.82 Å². The van der Waals surface area contributed by atoms with Gasteiger partial charge in [0.1, 0.15) is 11.6 Å². The van der Waals surface area contributed by atoms with Crippen molar-refractivity contribution in [2.45, 2.75) is 25.0 Å². The summed E-state index contributed by atoms with van der Waals surface area (Å²) in [5, 5.41) is 14.9. The molecule has 3 rings (SSSR count). The highest BCUT2D eigenvalue weighted by Gasteiger charge is 2.16. The average Bonchev–Trinajstić information content (AvgIpc) is 3.12. The van der Waals surface area contributed by atoms with Crippen LogP contribution >= 0.6 is 35.0 Å². The number of thioether (sulfide) groups is 1. The van der Waals surface area contributed by atoms with E-state index in [1.54, 1.807) is 22.8 Å². The minimum atomic E-state index is -0.382. The number of benzene rings is 2. The summed E-state index contributed by atoms with van der Waals surface area (Å²) in [5.74, 6) is -0.438. The first-order valence-electron chi connectivity index (χ1n) is 9.21. The van der Waals surface area contributed by atoms with E-state index in [0.29, 0.717) is 38.9 Å². The van der Waals surface area contributed by atoms with E-state index in [2.05, 4.69) is 20.8 Å². The normalized spacial score (nSPS) is 10.7. The molecule has 2 aromatic carbocycles. The fourth-order valence-corrected chi connectivity index (χ4v) is 3.82. The molecule has 0 aliphatic rings. The van der Waals surface area contributed by atoms with Gasteiger partial charge >= 0.3 is 0 Å². The molecule has 1 heterocycles. The van der Waals surface area contributed by atoms with Gasteiger partial charge in [-0.2, -0.15) is 0 Å². The van der Waals surface area contributed by atoms with Crippen LogP contribution < -0.4 is 10.6 Å². The molecule has 0 unspecified atom stereocenters. The summed E-state index contributed by atoms with van der Waals surface area (Å²) in [5.41, 5.74) is 0.912. The van der Waals surface area contributed by atoms with Gasteiger partial charge in [0.25, 0.3) is 0 Å². The molecule has 3 aromatic rings. The topological polar surface area (TPSA) is 88.9 Å². The third kappa shape index (κ3) is 6.43. The number of nitrogens with one attached hydrogen (secondary N) is 2. The molecular weight excluding hydrogens is 464 g/mol. The van der Waals surface area contributed by atoms with E-state index in [1.807, 2.05) is 6.92 Å². The van der Waals surface area contributed by atoms with E-state index in [0.717, 1.165) is 0 Å². The highest BCUT2D eigenvalue weighted by atomic mass is 35.5. The predicted molar refractivity (Wildman–Crippen MR) is 120 cm³/mol. The van der Waals surface area contributed by atoms with Gasteiger partial charge in [0.05, 0.1) is 22.9 Å². The maximum Gasteiger partial charge on any atom is 0.234 e. The number of amides is 2. The second-order valence-corrected chi connectivity index (χ2v) is 8.12. The molecule has 7 nitrogen and oxygen atoms in total. The fraction of sp³-hybridized carbons (Fsp3) is 0.200. The molecule has 0 aliphatic heterocycles. The zero-order chi connectivity index (χ0) is 22.4. The Morgan fingerprint density at radius 2 is 1.81 bits per heavy atom. The number of hydrogen-bond acceptors (Lipinski definition) is 5. The lowest BCUT2D eigenvalue weighted by Crippen LogP contribution is -2.18. The Labute approximate surface area is 192 Å². The smallest absolute Gasteiger partial charge is 0.234 e. The Kier molecular flexibility index (Phi) is 7.89. The van der Waals surface area contributed by atoms with Gasteiger partial charge in [0.15, 0.2) is 5.16 Å². The summed E-state index contributed by atoms with van der Waals surface area (Å²) >= 11 is 13.2. The van der Waals surface area contributed by atoms with Gasteiger partial charge in [0.2, 0.25) is 11.8 Å². The van der Waals surface area contributed by atoms with E-state index in [9.17, 15) is 14.0 Å². The van der Waals surface area contributed by atoms with Gasteiger partial charge in [0, 0.05) is 17.3 Å². The summed E-state index contributed by atoms with van der Waals surface area (Å²) < 4.78 is 14.7. The predicted octanol–water partition coefficient (Wildman–Crippen LogP) is 4.66. The molecule has 0 spiro atoms. The van der Waals surface area contributed by atoms with E-state index in [-0.39, 0.29) is 29.8 Å². The van der Waals surface area contributed by atoms with Crippen LogP contribution in [0.3, 0.4) is 0 Å². The molecule has 0 saturated heterocycles. The Morgan fingerprint density at radius 3 is 2.52 bits per heavy atom. The molecule has 2 amide bonds. The highest BCUT2D eigenvalue weighted by Crippen LogP contribution is 2.26. The highest BCUT2D eigenvalue weighted by molar-refractivity contribution is 7.99. The van der Waals surface area contributed by atoms with Gasteiger partial charge in [-0.05, 0) is 49.4 Å². The summed E-state index contributed by atoms with van der Waals surface area (Å²) in [6, 6.07) is 10.3. The number of halogens is 3. The number of carbonyl (C=O) groups excluding carboxylic acids is 2. The number of hydrogen-bond donors (Lipinski definition) is 2. The quantitative estimate of drug-likeness (QED) is 0.456. The minimum absolute atomic E-state index is 0.0108. The first-order valence-corrected chi connectivity index (χ1v) is 10.9. The maximum absolute atomic E-state index is 13.0. The molecule has 31 heavy (non-hydrogen) atoms. The first-order chi connectivity index (χ1) is 14.9. The maximum atomic E-state index is 13.0. The van der Waals surface area contributed by atoms with Crippen LogP contribution in [0.4, 0.5) is 15.8 Å². The molecular formula is C20H18Cl2FN5O2S. The number of anilines is 2. The largest absolute Gasteiger partial charge is 0.326 e. The van der Waals surface area contributed by atoms with Gasteiger partial charge in [-0.15, -0.1) is 10.2 Å². The lowest BCUT2D eigenvalue weighted by Gasteiger charge is -2.09. The second-order valence-electron chi connectivity index (χ2n) is 6.34. The van der Waals surface area contributed by atoms with E-state index in [4.69, 9.17) is 23.2 Å². The number of aromatic nitrogens is 3. The zero-order valence-electron chi connectivity index (χ0n) is 16.4. The van der Waals surface area contributed by atoms with Crippen LogP contribution in [-0.2, 0) is 22.6 Å². The number of rotatable bonds is 8. The molecule has 0 atom stereocenters. The van der Waals surface area contributed by atoms with Crippen LogP contribution in [-0.4, -0.2) is 32.3 Å². The van der Waals surface area contributed by atoms with Crippen LogP contribution in [0.1, 0.15) is 12.7 Å². The lowest BCUT2D eigenvalue weighted by molar-refractivity contribution is -0.116. The minimum Gasteiger partial charge on any atom is -0.326 e. The van der Waals surface area contributed by atoms with Crippen molar-refractivity contribution in [1.29, 1.82) is 0 Å². The van der Waals surface area contributed by atoms with E-state index in [1.165, 1.54) is 36.0 Å². The molecule has 0 fully saturated rings. The van der Waals surface area contributed by atoms with Gasteiger partial charge < -0.3 is 15.2 Å². The van der Waals surface area contributed by atoms with Gasteiger partial charge in [-0.25, -0.2) is 4.39 Å². The van der Waals surface area contributed by atoms with Crippen molar-refractivity contribution in [3.8, 4) is 0 Å². The monoisotopic (exact) mass is 481 g/mol. The average molecular weight is 482 g/mol. The first kappa shape index (κ1) is 23.1. The molecule has 0 aliphatic carbocycles. The van der Waals surface area contributed by atoms with Crippen molar-refractivity contribution >= 4 is 58.2 Å². The second kappa shape index (κ2) is 10.6. The molecule has 0 radical (unpaired) electrons. The number of nitrogens with zero attached hydrogens (tertiary/aromatic N) is 3. The standard InChI is InChI=1S/C20H18Cl2FN5O2S/c1-2-28-17(10-18(29)24-14-6-4-13(23)5-7-14)26-27-20(28)31-11-19(30)25-16-9-12(21)3-8-15(16)22/h3-9H,2,10-11H2,1H3,(H,24,29)(H,25,30). The van der Waals surface area contributed by atoms with E-state index < -0.39 is 0 Å². The molecule has 2 N–H and O–H groups in total. The third-order valence-electron chi connectivity index (χ3n) is 4.09. The summed E-state index contributed by atoms with van der Waals surface area (Å²) in [7, 11) is 0. The molecule has 162 valence electrons. The van der Waals surface area contributed by atoms with Crippen molar-refractivity contribution in [2.24, 2.45) is 0 Å². The van der Waals surface area contributed by atoms with Gasteiger partial charge in [-0.3, -0.25) is 9.59 Å². The Bertz CT molecular complexity index is 1090. The lowest BCUT2D eigenvalue weighted by atomic mass is 10.3. The summed E-state index contributed by atoms with van der Waals surface area (Å²) in [4.78, 5) is 24.6. The Balaban J connectivity index is 1.59. The molecule has 0 saturated carbocycles. The van der Waals surface area contributed by atoms with Crippen molar-refractivity contribution in [1.82, 2.24) is 14.8 Å². The third-order valence-corrected chi connectivity index (χ3v) is 5.62. The van der Waals surface area contributed by atoms with Gasteiger partial charge in [-0.1, -0.05) is 35.0 Å². The number of carbonyl (C=O) groups is 2.